The smallest absolute Gasteiger partial charge is 0.337 e. The van der Waals surface area contributed by atoms with E-state index in [1.807, 2.05) is 37.3 Å². The Labute approximate surface area is 121 Å². The molecule has 0 aliphatic heterocycles. The standard InChI is InChI=1S/C16H13N3O2/c1-10-6-7-11(8-17-10)19-15-13-5-3-2-4-12(13)14(9-18-15)16(20)21/h2-9H,1H3,(H,18,19)(H,20,21). The van der Waals surface area contributed by atoms with E-state index in [0.29, 0.717) is 11.2 Å². The number of hydrogen-bond donors (Lipinski definition) is 2. The van der Waals surface area contributed by atoms with Crippen LogP contribution >= 0.6 is 0 Å². The maximum atomic E-state index is 11.3. The first-order chi connectivity index (χ1) is 10.1. The summed E-state index contributed by atoms with van der Waals surface area (Å²) in [5, 5.41) is 13.8. The predicted octanol–water partition coefficient (Wildman–Crippen LogP) is 3.38. The van der Waals surface area contributed by atoms with E-state index in [1.54, 1.807) is 12.3 Å². The average molecular weight is 279 g/mol. The summed E-state index contributed by atoms with van der Waals surface area (Å²) >= 11 is 0. The van der Waals surface area contributed by atoms with Gasteiger partial charge in [0.15, 0.2) is 0 Å². The maximum absolute atomic E-state index is 11.3. The van der Waals surface area contributed by atoms with Crippen LogP contribution in [0, 0.1) is 6.92 Å². The summed E-state index contributed by atoms with van der Waals surface area (Å²) in [6, 6.07) is 11.1. The molecule has 0 atom stereocenters. The fourth-order valence-electron chi connectivity index (χ4n) is 2.14. The highest BCUT2D eigenvalue weighted by atomic mass is 16.4. The number of nitrogens with one attached hydrogen (secondary N) is 1. The SMILES string of the molecule is Cc1ccc(Nc2ncc(C(=O)O)c3ccccc23)cn1. The number of aromatic nitrogens is 2. The molecule has 3 aromatic rings. The van der Waals surface area contributed by atoms with Crippen molar-refractivity contribution in [2.45, 2.75) is 6.92 Å². The molecule has 1 aromatic carbocycles. The van der Waals surface area contributed by atoms with E-state index < -0.39 is 5.97 Å². The van der Waals surface area contributed by atoms with Gasteiger partial charge in [0, 0.05) is 22.7 Å². The number of rotatable bonds is 3. The normalized spacial score (nSPS) is 10.5. The van der Waals surface area contributed by atoms with Gasteiger partial charge in [-0.15, -0.1) is 0 Å². The molecule has 3 rings (SSSR count). The quantitative estimate of drug-likeness (QED) is 0.768. The minimum atomic E-state index is -0.984. The van der Waals surface area contributed by atoms with E-state index in [9.17, 15) is 9.90 Å². The molecule has 2 aromatic heterocycles. The second-order valence-electron chi connectivity index (χ2n) is 4.68. The molecule has 0 radical (unpaired) electrons. The summed E-state index contributed by atoms with van der Waals surface area (Å²) in [6.07, 6.45) is 3.09. The van der Waals surface area contributed by atoms with Gasteiger partial charge in [0.1, 0.15) is 5.82 Å². The van der Waals surface area contributed by atoms with E-state index in [-0.39, 0.29) is 5.56 Å². The topological polar surface area (TPSA) is 75.1 Å². The van der Waals surface area contributed by atoms with E-state index in [2.05, 4.69) is 15.3 Å². The number of anilines is 2. The molecule has 0 saturated carbocycles. The molecule has 0 aliphatic carbocycles. The number of aromatic carboxylic acids is 1. The van der Waals surface area contributed by atoms with Crippen molar-refractivity contribution < 1.29 is 9.90 Å². The van der Waals surface area contributed by atoms with Crippen LogP contribution in [0.2, 0.25) is 0 Å². The molecule has 0 unspecified atom stereocenters. The van der Waals surface area contributed by atoms with Crippen LogP contribution in [0.5, 0.6) is 0 Å². The Balaban J connectivity index is 2.09. The zero-order chi connectivity index (χ0) is 14.8. The first-order valence-corrected chi connectivity index (χ1v) is 6.46. The Morgan fingerprint density at radius 3 is 2.48 bits per heavy atom. The Hall–Kier alpha value is -2.95. The van der Waals surface area contributed by atoms with Crippen molar-refractivity contribution in [3.63, 3.8) is 0 Å². The number of pyridine rings is 2. The summed E-state index contributed by atoms with van der Waals surface area (Å²) in [4.78, 5) is 19.7. The highest BCUT2D eigenvalue weighted by molar-refractivity contribution is 6.06. The van der Waals surface area contributed by atoms with Crippen LogP contribution in [-0.2, 0) is 0 Å². The zero-order valence-electron chi connectivity index (χ0n) is 11.4. The molecule has 0 fully saturated rings. The van der Waals surface area contributed by atoms with Crippen molar-refractivity contribution in [3.05, 3.63) is 60.0 Å². The summed E-state index contributed by atoms with van der Waals surface area (Å²) in [5.74, 6) is -0.372. The van der Waals surface area contributed by atoms with Crippen LogP contribution in [-0.4, -0.2) is 21.0 Å². The van der Waals surface area contributed by atoms with Gasteiger partial charge in [0.05, 0.1) is 17.4 Å². The lowest BCUT2D eigenvalue weighted by Gasteiger charge is -2.10. The van der Waals surface area contributed by atoms with E-state index in [1.165, 1.54) is 6.20 Å². The van der Waals surface area contributed by atoms with Gasteiger partial charge in [0.2, 0.25) is 0 Å². The minimum Gasteiger partial charge on any atom is -0.478 e. The molecule has 0 saturated heterocycles. The van der Waals surface area contributed by atoms with Crippen molar-refractivity contribution in [2.24, 2.45) is 0 Å². The van der Waals surface area contributed by atoms with Crippen molar-refractivity contribution >= 4 is 28.2 Å². The van der Waals surface area contributed by atoms with Gasteiger partial charge in [0.25, 0.3) is 0 Å². The van der Waals surface area contributed by atoms with Crippen LogP contribution in [0.1, 0.15) is 16.1 Å². The highest BCUT2D eigenvalue weighted by Crippen LogP contribution is 2.26. The molecular formula is C16H13N3O2. The Morgan fingerprint density at radius 1 is 1.05 bits per heavy atom. The molecule has 2 N–H and O–H groups in total. The van der Waals surface area contributed by atoms with Gasteiger partial charge >= 0.3 is 5.97 Å². The number of carbonyl (C=O) groups is 1. The molecule has 0 aliphatic rings. The van der Waals surface area contributed by atoms with E-state index in [0.717, 1.165) is 16.8 Å². The van der Waals surface area contributed by atoms with E-state index >= 15 is 0 Å². The molecule has 5 nitrogen and oxygen atoms in total. The number of nitrogens with zero attached hydrogens (tertiary/aromatic N) is 2. The average Bonchev–Trinajstić information content (AvgIpc) is 2.49. The lowest BCUT2D eigenvalue weighted by molar-refractivity contribution is 0.0698. The molecule has 0 bridgehead atoms. The first-order valence-electron chi connectivity index (χ1n) is 6.46. The third-order valence-electron chi connectivity index (χ3n) is 3.20. The third kappa shape index (κ3) is 2.53. The van der Waals surface area contributed by atoms with Crippen LogP contribution in [0.25, 0.3) is 10.8 Å². The van der Waals surface area contributed by atoms with Crippen LogP contribution in [0.4, 0.5) is 11.5 Å². The fourth-order valence-corrected chi connectivity index (χ4v) is 2.14. The first kappa shape index (κ1) is 13.1. The Kier molecular flexibility index (Phi) is 3.23. The van der Waals surface area contributed by atoms with Gasteiger partial charge < -0.3 is 10.4 Å². The lowest BCUT2D eigenvalue weighted by atomic mass is 10.1. The molecule has 21 heavy (non-hydrogen) atoms. The molecule has 0 spiro atoms. The monoisotopic (exact) mass is 279 g/mol. The Morgan fingerprint density at radius 2 is 1.81 bits per heavy atom. The summed E-state index contributed by atoms with van der Waals surface area (Å²) in [7, 11) is 0. The fraction of sp³-hybridized carbons (Fsp3) is 0.0625. The van der Waals surface area contributed by atoms with E-state index in [4.69, 9.17) is 0 Å². The summed E-state index contributed by atoms with van der Waals surface area (Å²) in [5.41, 5.74) is 1.93. The van der Waals surface area contributed by atoms with Crippen LogP contribution < -0.4 is 5.32 Å². The third-order valence-corrected chi connectivity index (χ3v) is 3.20. The number of carboxylic acids is 1. The number of carboxylic acid groups (broad SMARTS) is 1. The van der Waals surface area contributed by atoms with Crippen molar-refractivity contribution in [2.75, 3.05) is 5.32 Å². The Bertz CT molecular complexity index is 813. The minimum absolute atomic E-state index is 0.193. The van der Waals surface area contributed by atoms with Gasteiger partial charge in [-0.2, -0.15) is 0 Å². The van der Waals surface area contributed by atoms with Crippen molar-refractivity contribution in [1.82, 2.24) is 9.97 Å². The number of hydrogen-bond acceptors (Lipinski definition) is 4. The van der Waals surface area contributed by atoms with Gasteiger partial charge in [-0.3, -0.25) is 4.98 Å². The van der Waals surface area contributed by atoms with Crippen molar-refractivity contribution in [1.29, 1.82) is 0 Å². The van der Waals surface area contributed by atoms with Gasteiger partial charge in [-0.1, -0.05) is 24.3 Å². The second-order valence-corrected chi connectivity index (χ2v) is 4.68. The number of fused-ring (bicyclic) bond motifs is 1. The van der Waals surface area contributed by atoms with Gasteiger partial charge in [-0.25, -0.2) is 9.78 Å². The molecule has 0 amide bonds. The summed E-state index contributed by atoms with van der Waals surface area (Å²) in [6.45, 7) is 1.92. The maximum Gasteiger partial charge on any atom is 0.337 e. The molecule has 104 valence electrons. The lowest BCUT2D eigenvalue weighted by Crippen LogP contribution is -2.02. The zero-order valence-corrected chi connectivity index (χ0v) is 11.4. The highest BCUT2D eigenvalue weighted by Gasteiger charge is 2.12. The number of benzene rings is 1. The predicted molar refractivity (Wildman–Crippen MR) is 81.0 cm³/mol. The molecular weight excluding hydrogens is 266 g/mol. The summed E-state index contributed by atoms with van der Waals surface area (Å²) < 4.78 is 0. The van der Waals surface area contributed by atoms with Crippen LogP contribution in [0.15, 0.2) is 48.8 Å². The largest absolute Gasteiger partial charge is 0.478 e. The van der Waals surface area contributed by atoms with Crippen LogP contribution in [0.3, 0.4) is 0 Å². The molecule has 5 heteroatoms. The van der Waals surface area contributed by atoms with Crippen molar-refractivity contribution in [3.8, 4) is 0 Å². The number of aryl methyl sites for hydroxylation is 1. The molecule has 2 heterocycles. The van der Waals surface area contributed by atoms with Gasteiger partial charge in [-0.05, 0) is 19.1 Å². The second kappa shape index (κ2) is 5.20.